The third-order valence-electron chi connectivity index (χ3n) is 2.53. The third-order valence-corrected chi connectivity index (χ3v) is 5.98. The summed E-state index contributed by atoms with van der Waals surface area (Å²) in [5, 5.41) is 2.91. The van der Waals surface area contributed by atoms with E-state index < -0.39 is 8.29 Å². The summed E-state index contributed by atoms with van der Waals surface area (Å²) in [6.07, 6.45) is 20.3. The molecule has 1 heterocycles. The van der Waals surface area contributed by atoms with E-state index in [4.69, 9.17) is 4.74 Å². The number of carbonyl (C=O) groups is 1. The van der Waals surface area contributed by atoms with Crippen LogP contribution < -0.4 is 0 Å². The van der Waals surface area contributed by atoms with Gasteiger partial charge in [-0.1, -0.05) is 35.8 Å². The fraction of sp³-hybridized carbons (Fsp3) is 0.357. The molecular weight excluding hydrogens is 232 g/mol. The molecule has 3 heteroatoms. The molecule has 0 aliphatic carbocycles. The van der Waals surface area contributed by atoms with E-state index in [2.05, 4.69) is 30.4 Å². The molecule has 17 heavy (non-hydrogen) atoms. The SMILES string of the molecule is CC(=O)O/C1=C/C=C\C=C/C=C\S1(C)(C)(C)C. The van der Waals surface area contributed by atoms with Gasteiger partial charge in [-0.2, -0.15) is 0 Å². The van der Waals surface area contributed by atoms with Crippen molar-refractivity contribution in [2.75, 3.05) is 25.0 Å². The zero-order valence-corrected chi connectivity index (χ0v) is 12.1. The molecule has 2 nitrogen and oxygen atoms in total. The molecule has 0 aromatic rings. The molecule has 0 atom stereocenters. The lowest BCUT2D eigenvalue weighted by molar-refractivity contribution is -0.135. The van der Waals surface area contributed by atoms with Gasteiger partial charge < -0.3 is 4.74 Å². The molecule has 0 radical (unpaired) electrons. The third kappa shape index (κ3) is 3.63. The molecule has 96 valence electrons. The van der Waals surface area contributed by atoms with E-state index in [1.54, 1.807) is 0 Å². The molecule has 0 saturated heterocycles. The quantitative estimate of drug-likeness (QED) is 0.670. The predicted octanol–water partition coefficient (Wildman–Crippen LogP) is 3.43. The highest BCUT2D eigenvalue weighted by Gasteiger charge is 2.46. The van der Waals surface area contributed by atoms with Gasteiger partial charge >= 0.3 is 5.97 Å². The van der Waals surface area contributed by atoms with Crippen molar-refractivity contribution in [3.63, 3.8) is 0 Å². The summed E-state index contributed by atoms with van der Waals surface area (Å²) in [5.41, 5.74) is 0. The number of hydrogen-bond donors (Lipinski definition) is 0. The predicted molar refractivity (Wildman–Crippen MR) is 78.6 cm³/mol. The van der Waals surface area contributed by atoms with Crippen LogP contribution in [0.15, 0.2) is 47.0 Å². The minimum Gasteiger partial charge on any atom is -0.422 e. The largest absolute Gasteiger partial charge is 0.422 e. The minimum absolute atomic E-state index is 0.275. The van der Waals surface area contributed by atoms with Gasteiger partial charge in [-0.15, -0.1) is 0 Å². The van der Waals surface area contributed by atoms with Crippen LogP contribution in [0.3, 0.4) is 0 Å². The van der Waals surface area contributed by atoms with Crippen molar-refractivity contribution in [1.29, 1.82) is 0 Å². The Labute approximate surface area is 103 Å². The van der Waals surface area contributed by atoms with Gasteiger partial charge in [0.15, 0.2) is 0 Å². The normalized spacial score (nSPS) is 36.9. The van der Waals surface area contributed by atoms with Crippen molar-refractivity contribution in [1.82, 2.24) is 0 Å². The molecular formula is C14H22O2S. The monoisotopic (exact) mass is 254 g/mol. The summed E-state index contributed by atoms with van der Waals surface area (Å²) in [5.74, 6) is -0.275. The maximum Gasteiger partial charge on any atom is 0.308 e. The molecule has 0 unspecified atom stereocenters. The van der Waals surface area contributed by atoms with Crippen molar-refractivity contribution in [2.24, 2.45) is 0 Å². The van der Waals surface area contributed by atoms with Crippen molar-refractivity contribution in [3.05, 3.63) is 47.0 Å². The smallest absolute Gasteiger partial charge is 0.308 e. The second-order valence-corrected chi connectivity index (χ2v) is 15.8. The summed E-state index contributed by atoms with van der Waals surface area (Å²) in [6, 6.07) is 0. The Morgan fingerprint density at radius 3 is 2.12 bits per heavy atom. The minimum atomic E-state index is -2.68. The second-order valence-electron chi connectivity index (χ2n) is 6.50. The maximum absolute atomic E-state index is 11.3. The Kier molecular flexibility index (Phi) is 2.96. The van der Waals surface area contributed by atoms with Crippen LogP contribution >= 0.6 is 8.29 Å². The van der Waals surface area contributed by atoms with E-state index in [1.807, 2.05) is 36.5 Å². The van der Waals surface area contributed by atoms with Gasteiger partial charge in [0.05, 0.1) is 0 Å². The van der Waals surface area contributed by atoms with E-state index in [-0.39, 0.29) is 5.97 Å². The standard InChI is InChI=1S/C14H22O2S/c1-13(15)16-14-11-9-7-6-8-10-12-17(14,2,3,4)5/h6-12H,1-5H3/b8-6-,9-7-,12-10-,14-11-. The summed E-state index contributed by atoms with van der Waals surface area (Å²) < 4.78 is 5.45. The molecule has 0 amide bonds. The van der Waals surface area contributed by atoms with Crippen LogP contribution in [0.2, 0.25) is 0 Å². The first kappa shape index (κ1) is 13.8. The van der Waals surface area contributed by atoms with Crippen LogP contribution in [0.25, 0.3) is 0 Å². The first-order valence-electron chi connectivity index (χ1n) is 5.47. The van der Waals surface area contributed by atoms with Crippen molar-refractivity contribution in [2.45, 2.75) is 6.92 Å². The Morgan fingerprint density at radius 1 is 1.00 bits per heavy atom. The van der Waals surface area contributed by atoms with Crippen LogP contribution in [-0.2, 0) is 9.53 Å². The van der Waals surface area contributed by atoms with E-state index >= 15 is 0 Å². The molecule has 1 aliphatic rings. The number of esters is 1. The summed E-state index contributed by atoms with van der Waals surface area (Å²) in [7, 11) is -2.68. The van der Waals surface area contributed by atoms with Gasteiger partial charge in [0.1, 0.15) is 5.09 Å². The molecule has 0 N–H and O–H groups in total. The second kappa shape index (κ2) is 3.64. The van der Waals surface area contributed by atoms with Gasteiger partial charge in [0.25, 0.3) is 0 Å². The van der Waals surface area contributed by atoms with Crippen LogP contribution in [0, 0.1) is 0 Å². The number of allylic oxidation sites excluding steroid dienone is 6. The van der Waals surface area contributed by atoms with Crippen LogP contribution in [0.4, 0.5) is 0 Å². The topological polar surface area (TPSA) is 26.3 Å². The zero-order valence-electron chi connectivity index (χ0n) is 11.3. The summed E-state index contributed by atoms with van der Waals surface area (Å²) in [6.45, 7) is 1.44. The Hall–Kier alpha value is -1.22. The molecule has 0 bridgehead atoms. The number of hydrogen-bond acceptors (Lipinski definition) is 2. The van der Waals surface area contributed by atoms with Gasteiger partial charge in [-0.3, -0.25) is 4.79 Å². The molecule has 0 saturated carbocycles. The Morgan fingerprint density at radius 2 is 1.53 bits per heavy atom. The lowest BCUT2D eigenvalue weighted by atomic mass is 10.4. The van der Waals surface area contributed by atoms with E-state index in [1.165, 1.54) is 6.92 Å². The highest BCUT2D eigenvalue weighted by molar-refractivity contribution is 8.67. The highest BCUT2D eigenvalue weighted by Crippen LogP contribution is 2.85. The van der Waals surface area contributed by atoms with Gasteiger partial charge in [0, 0.05) is 6.92 Å². The highest BCUT2D eigenvalue weighted by atomic mass is 32.4. The van der Waals surface area contributed by atoms with Crippen LogP contribution in [-0.4, -0.2) is 31.0 Å². The maximum atomic E-state index is 11.3. The summed E-state index contributed by atoms with van der Waals surface area (Å²) >= 11 is 0. The lowest BCUT2D eigenvalue weighted by Gasteiger charge is -2.66. The first-order valence-corrected chi connectivity index (χ1v) is 9.62. The fourth-order valence-electron chi connectivity index (χ4n) is 1.47. The van der Waals surface area contributed by atoms with Crippen LogP contribution in [0.1, 0.15) is 6.92 Å². The molecule has 0 aromatic carbocycles. The molecule has 0 fully saturated rings. The van der Waals surface area contributed by atoms with E-state index in [0.29, 0.717) is 0 Å². The Balaban J connectivity index is 3.43. The average molecular weight is 254 g/mol. The van der Waals surface area contributed by atoms with Gasteiger partial charge in [-0.05, 0) is 31.1 Å². The van der Waals surface area contributed by atoms with E-state index in [9.17, 15) is 4.79 Å². The first-order chi connectivity index (χ1) is 7.54. The molecule has 0 aromatic heterocycles. The van der Waals surface area contributed by atoms with Gasteiger partial charge in [-0.25, -0.2) is 8.29 Å². The van der Waals surface area contributed by atoms with Gasteiger partial charge in [0.2, 0.25) is 0 Å². The zero-order chi connectivity index (χ0) is 13.2. The average Bonchev–Trinajstić information content (AvgIpc) is 2.16. The van der Waals surface area contributed by atoms with Crippen molar-refractivity contribution >= 4 is 14.3 Å². The molecule has 1 rings (SSSR count). The molecule has 0 spiro atoms. The fourth-order valence-corrected chi connectivity index (χ4v) is 3.60. The molecule has 1 aliphatic heterocycles. The number of ether oxygens (including phenoxy) is 1. The number of rotatable bonds is 1. The van der Waals surface area contributed by atoms with Crippen molar-refractivity contribution in [3.8, 4) is 0 Å². The van der Waals surface area contributed by atoms with Crippen LogP contribution in [0.5, 0.6) is 0 Å². The van der Waals surface area contributed by atoms with Crippen molar-refractivity contribution < 1.29 is 9.53 Å². The number of carbonyl (C=O) groups excluding carboxylic acids is 1. The summed E-state index contributed by atoms with van der Waals surface area (Å²) in [4.78, 5) is 11.3. The Bertz CT molecular complexity index is 455. The lowest BCUT2D eigenvalue weighted by Crippen LogP contribution is -2.32. The van der Waals surface area contributed by atoms with E-state index in [0.717, 1.165) is 5.09 Å².